The number of ether oxygens (including phenoxy) is 1. The minimum atomic E-state index is -1.56. The van der Waals surface area contributed by atoms with Crippen LogP contribution in [0.25, 0.3) is 0 Å². The van der Waals surface area contributed by atoms with Gasteiger partial charge in [-0.2, -0.15) is 0 Å². The molecule has 0 amide bonds. The zero-order valence-electron chi connectivity index (χ0n) is 8.87. The van der Waals surface area contributed by atoms with Gasteiger partial charge in [0.15, 0.2) is 6.10 Å². The summed E-state index contributed by atoms with van der Waals surface area (Å²) in [6.07, 6.45) is -1.56. The minimum Gasteiger partial charge on any atom is -0.467 e. The van der Waals surface area contributed by atoms with E-state index in [0.29, 0.717) is 0 Å². The standard InChI is InChI=1S/C11H13FO3/c1-6-4-8(9(12)5-7(6)2)10(13)11(14)15-3/h4-5,10,13H,1-3H3. The Morgan fingerprint density at radius 2 is 1.93 bits per heavy atom. The molecule has 1 rings (SSSR count). The summed E-state index contributed by atoms with van der Waals surface area (Å²) in [4.78, 5) is 11.0. The number of esters is 1. The predicted molar refractivity (Wildman–Crippen MR) is 52.8 cm³/mol. The Bertz CT molecular complexity index is 388. The molecule has 0 aromatic heterocycles. The average molecular weight is 212 g/mol. The van der Waals surface area contributed by atoms with Gasteiger partial charge in [-0.25, -0.2) is 9.18 Å². The summed E-state index contributed by atoms with van der Waals surface area (Å²) in [7, 11) is 1.14. The van der Waals surface area contributed by atoms with Gasteiger partial charge in [0.1, 0.15) is 5.82 Å². The van der Waals surface area contributed by atoms with Crippen molar-refractivity contribution in [3.8, 4) is 0 Å². The molecule has 1 N–H and O–H groups in total. The van der Waals surface area contributed by atoms with Crippen LogP contribution in [0.5, 0.6) is 0 Å². The summed E-state index contributed by atoms with van der Waals surface area (Å²) < 4.78 is 17.7. The molecule has 0 aliphatic carbocycles. The van der Waals surface area contributed by atoms with Crippen LogP contribution in [0.3, 0.4) is 0 Å². The van der Waals surface area contributed by atoms with E-state index in [1.54, 1.807) is 13.8 Å². The van der Waals surface area contributed by atoms with Crippen LogP contribution in [0.4, 0.5) is 4.39 Å². The van der Waals surface area contributed by atoms with Crippen molar-refractivity contribution in [1.29, 1.82) is 0 Å². The lowest BCUT2D eigenvalue weighted by molar-refractivity contribution is -0.150. The van der Waals surface area contributed by atoms with Crippen molar-refractivity contribution >= 4 is 5.97 Å². The number of hydrogen-bond acceptors (Lipinski definition) is 3. The Balaban J connectivity index is 3.14. The SMILES string of the molecule is COC(=O)C(O)c1cc(C)c(C)cc1F. The number of aliphatic hydroxyl groups excluding tert-OH is 1. The quantitative estimate of drug-likeness (QED) is 0.758. The summed E-state index contributed by atoms with van der Waals surface area (Å²) in [5.74, 6) is -1.46. The van der Waals surface area contributed by atoms with E-state index in [2.05, 4.69) is 4.74 Å². The second-order valence-corrected chi connectivity index (χ2v) is 3.38. The summed E-state index contributed by atoms with van der Waals surface area (Å²) in [6.45, 7) is 3.54. The molecule has 1 aromatic carbocycles. The van der Waals surface area contributed by atoms with Crippen LogP contribution in [-0.4, -0.2) is 18.2 Å². The number of methoxy groups -OCH3 is 1. The lowest BCUT2D eigenvalue weighted by atomic mass is 10.0. The van der Waals surface area contributed by atoms with Crippen LogP contribution in [0.2, 0.25) is 0 Å². The fraction of sp³-hybridized carbons (Fsp3) is 0.364. The van der Waals surface area contributed by atoms with Crippen molar-refractivity contribution in [2.24, 2.45) is 0 Å². The van der Waals surface area contributed by atoms with E-state index in [-0.39, 0.29) is 5.56 Å². The monoisotopic (exact) mass is 212 g/mol. The second-order valence-electron chi connectivity index (χ2n) is 3.38. The van der Waals surface area contributed by atoms with Gasteiger partial charge in [0, 0.05) is 5.56 Å². The largest absolute Gasteiger partial charge is 0.467 e. The van der Waals surface area contributed by atoms with Crippen molar-refractivity contribution in [2.45, 2.75) is 20.0 Å². The molecular weight excluding hydrogens is 199 g/mol. The summed E-state index contributed by atoms with van der Waals surface area (Å²) in [5, 5.41) is 9.47. The Hall–Kier alpha value is -1.42. The van der Waals surface area contributed by atoms with Crippen LogP contribution in [0, 0.1) is 19.7 Å². The molecule has 0 radical (unpaired) electrons. The Kier molecular flexibility index (Phi) is 3.42. The number of benzene rings is 1. The molecule has 0 spiro atoms. The lowest BCUT2D eigenvalue weighted by Crippen LogP contribution is -2.15. The summed E-state index contributed by atoms with van der Waals surface area (Å²) >= 11 is 0. The molecule has 0 bridgehead atoms. The normalized spacial score (nSPS) is 12.3. The highest BCUT2D eigenvalue weighted by atomic mass is 19.1. The zero-order valence-corrected chi connectivity index (χ0v) is 8.87. The molecule has 0 saturated carbocycles. The first-order valence-electron chi connectivity index (χ1n) is 4.50. The number of halogens is 1. The molecule has 1 aromatic rings. The van der Waals surface area contributed by atoms with Gasteiger partial charge >= 0.3 is 5.97 Å². The second kappa shape index (κ2) is 4.40. The van der Waals surface area contributed by atoms with Gasteiger partial charge in [0.25, 0.3) is 0 Å². The third-order valence-corrected chi connectivity index (χ3v) is 2.33. The molecule has 1 unspecified atom stereocenters. The van der Waals surface area contributed by atoms with Crippen LogP contribution in [-0.2, 0) is 9.53 Å². The molecule has 3 nitrogen and oxygen atoms in total. The fourth-order valence-corrected chi connectivity index (χ4v) is 1.25. The maximum Gasteiger partial charge on any atom is 0.339 e. The number of aryl methyl sites for hydroxylation is 2. The van der Waals surface area contributed by atoms with E-state index < -0.39 is 17.9 Å². The van der Waals surface area contributed by atoms with Gasteiger partial charge in [-0.05, 0) is 37.1 Å². The molecule has 0 aliphatic heterocycles. The lowest BCUT2D eigenvalue weighted by Gasteiger charge is -2.11. The van der Waals surface area contributed by atoms with E-state index >= 15 is 0 Å². The van der Waals surface area contributed by atoms with Crippen molar-refractivity contribution in [1.82, 2.24) is 0 Å². The summed E-state index contributed by atoms with van der Waals surface area (Å²) in [5.41, 5.74) is 1.53. The molecular formula is C11H13FO3. The smallest absolute Gasteiger partial charge is 0.339 e. The molecule has 4 heteroatoms. The summed E-state index contributed by atoms with van der Waals surface area (Å²) in [6, 6.07) is 2.74. The van der Waals surface area contributed by atoms with Gasteiger partial charge in [-0.1, -0.05) is 0 Å². The minimum absolute atomic E-state index is 0.0510. The molecule has 82 valence electrons. The number of rotatable bonds is 2. The van der Waals surface area contributed by atoms with Gasteiger partial charge in [0.2, 0.25) is 0 Å². The molecule has 0 aliphatic rings. The first-order chi connectivity index (χ1) is 6.97. The molecule has 15 heavy (non-hydrogen) atoms. The van der Waals surface area contributed by atoms with Crippen LogP contribution < -0.4 is 0 Å². The average Bonchev–Trinajstić information content (AvgIpc) is 2.21. The first kappa shape index (κ1) is 11.7. The first-order valence-corrected chi connectivity index (χ1v) is 4.50. The topological polar surface area (TPSA) is 46.5 Å². The van der Waals surface area contributed by atoms with E-state index in [4.69, 9.17) is 0 Å². The Morgan fingerprint density at radius 1 is 1.40 bits per heavy atom. The Labute approximate surface area is 87.5 Å². The maximum absolute atomic E-state index is 13.4. The molecule has 0 heterocycles. The van der Waals surface area contributed by atoms with Crippen molar-refractivity contribution in [3.63, 3.8) is 0 Å². The van der Waals surface area contributed by atoms with E-state index in [1.165, 1.54) is 12.1 Å². The van der Waals surface area contributed by atoms with Crippen molar-refractivity contribution in [3.05, 3.63) is 34.6 Å². The third kappa shape index (κ3) is 2.33. The predicted octanol–water partition coefficient (Wildman–Crippen LogP) is 1.65. The highest BCUT2D eigenvalue weighted by molar-refractivity contribution is 5.76. The van der Waals surface area contributed by atoms with Crippen LogP contribution in [0.1, 0.15) is 22.8 Å². The van der Waals surface area contributed by atoms with Crippen molar-refractivity contribution < 1.29 is 19.0 Å². The number of carbonyl (C=O) groups excluding carboxylic acids is 1. The van der Waals surface area contributed by atoms with E-state index in [0.717, 1.165) is 18.2 Å². The van der Waals surface area contributed by atoms with Gasteiger partial charge < -0.3 is 9.84 Å². The van der Waals surface area contributed by atoms with Crippen LogP contribution >= 0.6 is 0 Å². The fourth-order valence-electron chi connectivity index (χ4n) is 1.25. The molecule has 0 saturated heterocycles. The van der Waals surface area contributed by atoms with Gasteiger partial charge in [0.05, 0.1) is 7.11 Å². The number of hydrogen-bond donors (Lipinski definition) is 1. The highest BCUT2D eigenvalue weighted by Gasteiger charge is 2.22. The van der Waals surface area contributed by atoms with Gasteiger partial charge in [-0.3, -0.25) is 0 Å². The highest BCUT2D eigenvalue weighted by Crippen LogP contribution is 2.21. The molecule has 1 atom stereocenters. The van der Waals surface area contributed by atoms with Crippen molar-refractivity contribution in [2.75, 3.05) is 7.11 Å². The molecule has 0 fully saturated rings. The van der Waals surface area contributed by atoms with Gasteiger partial charge in [-0.15, -0.1) is 0 Å². The third-order valence-electron chi connectivity index (χ3n) is 2.33. The zero-order chi connectivity index (χ0) is 11.6. The Morgan fingerprint density at radius 3 is 2.47 bits per heavy atom. The van der Waals surface area contributed by atoms with E-state index in [9.17, 15) is 14.3 Å². The maximum atomic E-state index is 13.4. The van der Waals surface area contributed by atoms with E-state index in [1.807, 2.05) is 0 Å². The number of carbonyl (C=O) groups is 1. The van der Waals surface area contributed by atoms with Crippen LogP contribution in [0.15, 0.2) is 12.1 Å². The number of aliphatic hydroxyl groups is 1.